The standard InChI is InChI=1S/C30H29N5O3/c1-18-10-15-25(19(2)16-18)34-30(37)26-20(3)32-28-24(29(36)33-22-8-6-5-7-9-22)17-31-35(28)27(26)21-11-13-23(38-4)14-12-21/h5-17,27,32H,1-4H3,(H,33,36)(H,34,37). The number of rotatable bonds is 6. The summed E-state index contributed by atoms with van der Waals surface area (Å²) in [6.07, 6.45) is 1.52. The van der Waals surface area contributed by atoms with Crippen LogP contribution in [0.2, 0.25) is 0 Å². The molecule has 1 atom stereocenters. The highest BCUT2D eigenvalue weighted by Gasteiger charge is 2.35. The molecule has 38 heavy (non-hydrogen) atoms. The lowest BCUT2D eigenvalue weighted by Gasteiger charge is -2.30. The van der Waals surface area contributed by atoms with E-state index in [1.54, 1.807) is 11.8 Å². The van der Waals surface area contributed by atoms with Crippen molar-refractivity contribution in [2.75, 3.05) is 23.1 Å². The van der Waals surface area contributed by atoms with E-state index in [1.165, 1.54) is 6.20 Å². The Bertz CT molecular complexity index is 1540. The summed E-state index contributed by atoms with van der Waals surface area (Å²) in [6.45, 7) is 5.82. The zero-order valence-corrected chi connectivity index (χ0v) is 21.7. The minimum Gasteiger partial charge on any atom is -0.497 e. The average molecular weight is 508 g/mol. The van der Waals surface area contributed by atoms with Crippen LogP contribution >= 0.6 is 0 Å². The third-order valence-electron chi connectivity index (χ3n) is 6.61. The van der Waals surface area contributed by atoms with Gasteiger partial charge in [0.25, 0.3) is 11.8 Å². The summed E-state index contributed by atoms with van der Waals surface area (Å²) in [5.41, 5.74) is 5.85. The molecule has 0 fully saturated rings. The molecule has 5 rings (SSSR count). The number of anilines is 3. The number of methoxy groups -OCH3 is 1. The van der Waals surface area contributed by atoms with E-state index < -0.39 is 6.04 Å². The number of hydrogen-bond acceptors (Lipinski definition) is 5. The van der Waals surface area contributed by atoms with Gasteiger partial charge in [0.15, 0.2) is 0 Å². The second-order valence-corrected chi connectivity index (χ2v) is 9.28. The van der Waals surface area contributed by atoms with Gasteiger partial charge in [-0.15, -0.1) is 0 Å². The fourth-order valence-electron chi connectivity index (χ4n) is 4.67. The lowest BCUT2D eigenvalue weighted by Crippen LogP contribution is -2.32. The van der Waals surface area contributed by atoms with Crippen LogP contribution in [0.5, 0.6) is 5.75 Å². The van der Waals surface area contributed by atoms with Crippen molar-refractivity contribution < 1.29 is 14.3 Å². The van der Waals surface area contributed by atoms with E-state index in [1.807, 2.05) is 93.6 Å². The third-order valence-corrected chi connectivity index (χ3v) is 6.61. The summed E-state index contributed by atoms with van der Waals surface area (Å²) in [7, 11) is 1.61. The van der Waals surface area contributed by atoms with Gasteiger partial charge in [0, 0.05) is 17.1 Å². The number of carbonyl (C=O) groups is 2. The predicted octanol–water partition coefficient (Wildman–Crippen LogP) is 5.69. The molecule has 192 valence electrons. The molecule has 0 radical (unpaired) electrons. The number of allylic oxidation sites excluding steroid dienone is 1. The Morgan fingerprint density at radius 1 is 0.921 bits per heavy atom. The van der Waals surface area contributed by atoms with Crippen molar-refractivity contribution in [3.63, 3.8) is 0 Å². The van der Waals surface area contributed by atoms with Crippen LogP contribution < -0.4 is 20.7 Å². The molecule has 2 heterocycles. The minimum atomic E-state index is -0.568. The first-order chi connectivity index (χ1) is 18.4. The molecule has 8 heteroatoms. The monoisotopic (exact) mass is 507 g/mol. The fourth-order valence-corrected chi connectivity index (χ4v) is 4.67. The van der Waals surface area contributed by atoms with Gasteiger partial charge in [-0.05, 0) is 62.2 Å². The molecule has 3 N–H and O–H groups in total. The number of aryl methyl sites for hydroxylation is 2. The minimum absolute atomic E-state index is 0.251. The molecule has 1 aromatic heterocycles. The number of nitrogens with one attached hydrogen (secondary N) is 3. The lowest BCUT2D eigenvalue weighted by atomic mass is 9.94. The fraction of sp³-hybridized carbons (Fsp3) is 0.167. The van der Waals surface area contributed by atoms with E-state index in [4.69, 9.17) is 4.74 Å². The molecule has 0 bridgehead atoms. The van der Waals surface area contributed by atoms with E-state index in [9.17, 15) is 9.59 Å². The van der Waals surface area contributed by atoms with Crippen LogP contribution in [0.25, 0.3) is 0 Å². The Hall–Kier alpha value is -4.85. The number of para-hydroxylation sites is 1. The lowest BCUT2D eigenvalue weighted by molar-refractivity contribution is -0.113. The Morgan fingerprint density at radius 2 is 1.66 bits per heavy atom. The first-order valence-corrected chi connectivity index (χ1v) is 12.3. The van der Waals surface area contributed by atoms with Crippen molar-refractivity contribution in [3.8, 4) is 5.75 Å². The number of hydrogen-bond donors (Lipinski definition) is 3. The van der Waals surface area contributed by atoms with Gasteiger partial charge in [-0.1, -0.05) is 48.0 Å². The van der Waals surface area contributed by atoms with Crippen molar-refractivity contribution in [1.82, 2.24) is 9.78 Å². The van der Waals surface area contributed by atoms with Crippen LogP contribution in [0.3, 0.4) is 0 Å². The van der Waals surface area contributed by atoms with Gasteiger partial charge in [0.1, 0.15) is 23.2 Å². The van der Waals surface area contributed by atoms with Crippen molar-refractivity contribution in [2.45, 2.75) is 26.8 Å². The highest BCUT2D eigenvalue weighted by molar-refractivity contribution is 6.09. The van der Waals surface area contributed by atoms with Crippen molar-refractivity contribution in [3.05, 3.63) is 113 Å². The van der Waals surface area contributed by atoms with Gasteiger partial charge in [-0.2, -0.15) is 5.10 Å². The normalized spacial score (nSPS) is 14.4. The molecular formula is C30H29N5O3. The summed E-state index contributed by atoms with van der Waals surface area (Å²) in [4.78, 5) is 26.9. The quantitative estimate of drug-likeness (QED) is 0.312. The zero-order valence-electron chi connectivity index (χ0n) is 21.7. The van der Waals surface area contributed by atoms with E-state index in [-0.39, 0.29) is 11.8 Å². The topological polar surface area (TPSA) is 97.3 Å². The van der Waals surface area contributed by atoms with Crippen LogP contribution in [-0.2, 0) is 4.79 Å². The number of aromatic nitrogens is 2. The van der Waals surface area contributed by atoms with Crippen LogP contribution in [-0.4, -0.2) is 28.7 Å². The van der Waals surface area contributed by atoms with Gasteiger partial charge >= 0.3 is 0 Å². The Kier molecular flexibility index (Phi) is 6.70. The largest absolute Gasteiger partial charge is 0.497 e. The number of benzene rings is 3. The molecule has 1 unspecified atom stereocenters. The maximum atomic E-state index is 13.8. The van der Waals surface area contributed by atoms with Gasteiger partial charge in [0.2, 0.25) is 0 Å². The number of fused-ring (bicyclic) bond motifs is 1. The predicted molar refractivity (Wildman–Crippen MR) is 149 cm³/mol. The third kappa shape index (κ3) is 4.76. The SMILES string of the molecule is COc1ccc(C2C(C(=O)Nc3ccc(C)cc3C)=C(C)Nc3c(C(=O)Nc4ccccc4)cnn32)cc1. The van der Waals surface area contributed by atoms with Gasteiger partial charge in [0.05, 0.1) is 18.9 Å². The Morgan fingerprint density at radius 3 is 2.34 bits per heavy atom. The maximum absolute atomic E-state index is 13.8. The number of carbonyl (C=O) groups excluding carboxylic acids is 2. The highest BCUT2D eigenvalue weighted by atomic mass is 16.5. The molecule has 3 aromatic carbocycles. The second-order valence-electron chi connectivity index (χ2n) is 9.28. The molecule has 1 aliphatic rings. The van der Waals surface area contributed by atoms with Gasteiger partial charge in [-0.25, -0.2) is 4.68 Å². The molecule has 0 saturated heterocycles. The molecule has 2 amide bonds. The van der Waals surface area contributed by atoms with Crippen molar-refractivity contribution in [2.24, 2.45) is 0 Å². The van der Waals surface area contributed by atoms with E-state index >= 15 is 0 Å². The van der Waals surface area contributed by atoms with Crippen molar-refractivity contribution >= 4 is 29.0 Å². The van der Waals surface area contributed by atoms with Crippen molar-refractivity contribution in [1.29, 1.82) is 0 Å². The molecule has 4 aromatic rings. The number of ether oxygens (including phenoxy) is 1. The Labute approximate surface area is 221 Å². The zero-order chi connectivity index (χ0) is 26.8. The second kappa shape index (κ2) is 10.3. The van der Waals surface area contributed by atoms with Gasteiger partial charge in [-0.3, -0.25) is 9.59 Å². The summed E-state index contributed by atoms with van der Waals surface area (Å²) in [5, 5.41) is 13.8. The molecule has 0 aliphatic carbocycles. The summed E-state index contributed by atoms with van der Waals surface area (Å²) < 4.78 is 7.02. The summed E-state index contributed by atoms with van der Waals surface area (Å²) in [5.74, 6) is 0.668. The molecule has 1 aliphatic heterocycles. The van der Waals surface area contributed by atoms with Crippen LogP contribution in [0.15, 0.2) is 90.3 Å². The molecule has 0 spiro atoms. The van der Waals surface area contributed by atoms with Gasteiger partial charge < -0.3 is 20.7 Å². The average Bonchev–Trinajstić information content (AvgIpc) is 3.33. The number of amides is 2. The van der Waals surface area contributed by atoms with E-state index in [0.29, 0.717) is 34.1 Å². The first-order valence-electron chi connectivity index (χ1n) is 12.3. The van der Waals surface area contributed by atoms with E-state index in [2.05, 4.69) is 21.0 Å². The summed E-state index contributed by atoms with van der Waals surface area (Å²) in [6, 6.07) is 22.1. The summed E-state index contributed by atoms with van der Waals surface area (Å²) >= 11 is 0. The van der Waals surface area contributed by atoms with E-state index in [0.717, 1.165) is 22.4 Å². The van der Waals surface area contributed by atoms with Crippen LogP contribution in [0, 0.1) is 13.8 Å². The molecule has 8 nitrogen and oxygen atoms in total. The van der Waals surface area contributed by atoms with Crippen LogP contribution in [0.4, 0.5) is 17.2 Å². The smallest absolute Gasteiger partial charge is 0.261 e. The number of nitrogens with zero attached hydrogens (tertiary/aromatic N) is 2. The van der Waals surface area contributed by atoms with Crippen LogP contribution in [0.1, 0.15) is 40.0 Å². The maximum Gasteiger partial charge on any atom is 0.261 e. The molecular weight excluding hydrogens is 478 g/mol. The highest BCUT2D eigenvalue weighted by Crippen LogP contribution is 2.38. The first kappa shape index (κ1) is 24.8. The molecule has 0 saturated carbocycles. The Balaban J connectivity index is 1.55.